The number of hydrogen-bond donors (Lipinski definition) is 1. The van der Waals surface area contributed by atoms with Crippen molar-refractivity contribution in [1.29, 1.82) is 0 Å². The van der Waals surface area contributed by atoms with Crippen molar-refractivity contribution in [3.63, 3.8) is 0 Å². The van der Waals surface area contributed by atoms with Crippen LogP contribution in [0.15, 0.2) is 36.8 Å². The van der Waals surface area contributed by atoms with E-state index in [-0.39, 0.29) is 6.04 Å². The van der Waals surface area contributed by atoms with Crippen molar-refractivity contribution < 1.29 is 0 Å². The summed E-state index contributed by atoms with van der Waals surface area (Å²) in [5.41, 5.74) is 8.81. The highest BCUT2D eigenvalue weighted by Crippen LogP contribution is 2.30. The zero-order chi connectivity index (χ0) is 17.6. The van der Waals surface area contributed by atoms with Gasteiger partial charge in [-0.25, -0.2) is 19.3 Å². The molecular weight excluding hydrogens is 340 g/mol. The standard InChI is InChI=1S/C16H15ClN8/c1-9(2)25-16-13(15(18)19-8-20-16)14(22-25)12-7-24(23-21-12)11-5-3-10(17)4-6-11/h3-9H,1-2H3,(H2,18,19,20). The molecule has 0 saturated carbocycles. The van der Waals surface area contributed by atoms with Crippen LogP contribution in [0.2, 0.25) is 5.02 Å². The van der Waals surface area contributed by atoms with Crippen LogP contribution in [-0.2, 0) is 0 Å². The molecular formula is C16H15ClN8. The number of hydrogen-bond acceptors (Lipinski definition) is 6. The summed E-state index contributed by atoms with van der Waals surface area (Å²) in [6.45, 7) is 4.05. The van der Waals surface area contributed by atoms with Gasteiger partial charge in [0.15, 0.2) is 5.65 Å². The van der Waals surface area contributed by atoms with E-state index in [0.29, 0.717) is 33.3 Å². The first kappa shape index (κ1) is 15.5. The van der Waals surface area contributed by atoms with Gasteiger partial charge in [0.1, 0.15) is 23.5 Å². The van der Waals surface area contributed by atoms with Gasteiger partial charge in [0, 0.05) is 11.1 Å². The minimum atomic E-state index is 0.122. The zero-order valence-electron chi connectivity index (χ0n) is 13.6. The Morgan fingerprint density at radius 1 is 1.12 bits per heavy atom. The topological polar surface area (TPSA) is 100 Å². The van der Waals surface area contributed by atoms with Gasteiger partial charge < -0.3 is 5.73 Å². The predicted molar refractivity (Wildman–Crippen MR) is 95.5 cm³/mol. The van der Waals surface area contributed by atoms with Crippen LogP contribution in [0.1, 0.15) is 19.9 Å². The quantitative estimate of drug-likeness (QED) is 0.607. The van der Waals surface area contributed by atoms with Crippen LogP contribution in [0, 0.1) is 0 Å². The van der Waals surface area contributed by atoms with Crippen LogP contribution in [0.4, 0.5) is 5.82 Å². The van der Waals surface area contributed by atoms with Crippen molar-refractivity contribution in [1.82, 2.24) is 34.7 Å². The first-order chi connectivity index (χ1) is 12.0. The molecule has 25 heavy (non-hydrogen) atoms. The summed E-state index contributed by atoms with van der Waals surface area (Å²) in [6.07, 6.45) is 3.23. The van der Waals surface area contributed by atoms with Gasteiger partial charge in [-0.1, -0.05) is 16.8 Å². The Morgan fingerprint density at radius 3 is 2.60 bits per heavy atom. The lowest BCUT2D eigenvalue weighted by Gasteiger charge is -2.05. The smallest absolute Gasteiger partial charge is 0.164 e. The number of anilines is 1. The molecule has 4 rings (SSSR count). The van der Waals surface area contributed by atoms with Crippen molar-refractivity contribution in [3.8, 4) is 17.1 Å². The second kappa shape index (κ2) is 5.82. The maximum Gasteiger partial charge on any atom is 0.164 e. The Morgan fingerprint density at radius 2 is 1.88 bits per heavy atom. The first-order valence-electron chi connectivity index (χ1n) is 7.72. The molecule has 0 radical (unpaired) electrons. The van der Waals surface area contributed by atoms with Gasteiger partial charge in [0.05, 0.1) is 17.3 Å². The normalized spacial score (nSPS) is 11.5. The molecule has 8 nitrogen and oxygen atoms in total. The molecule has 0 amide bonds. The fourth-order valence-electron chi connectivity index (χ4n) is 2.63. The monoisotopic (exact) mass is 354 g/mol. The van der Waals surface area contributed by atoms with Crippen molar-refractivity contribution in [2.24, 2.45) is 0 Å². The third kappa shape index (κ3) is 2.60. The van der Waals surface area contributed by atoms with Crippen molar-refractivity contribution in [2.45, 2.75) is 19.9 Å². The molecule has 4 aromatic rings. The van der Waals surface area contributed by atoms with E-state index in [0.717, 1.165) is 5.69 Å². The third-order valence-electron chi connectivity index (χ3n) is 3.83. The second-order valence-electron chi connectivity index (χ2n) is 5.87. The van der Waals surface area contributed by atoms with E-state index in [1.165, 1.54) is 6.33 Å². The largest absolute Gasteiger partial charge is 0.383 e. The highest BCUT2D eigenvalue weighted by Gasteiger charge is 2.20. The average Bonchev–Trinajstić information content (AvgIpc) is 3.20. The van der Waals surface area contributed by atoms with Crippen LogP contribution in [-0.4, -0.2) is 34.7 Å². The van der Waals surface area contributed by atoms with E-state index >= 15 is 0 Å². The maximum absolute atomic E-state index is 6.07. The van der Waals surface area contributed by atoms with Gasteiger partial charge in [0.2, 0.25) is 0 Å². The van der Waals surface area contributed by atoms with Gasteiger partial charge >= 0.3 is 0 Å². The number of aromatic nitrogens is 7. The third-order valence-corrected chi connectivity index (χ3v) is 4.09. The Labute approximate surface area is 148 Å². The molecule has 126 valence electrons. The first-order valence-corrected chi connectivity index (χ1v) is 8.09. The predicted octanol–water partition coefficient (Wildman–Crippen LogP) is 2.89. The lowest BCUT2D eigenvalue weighted by Crippen LogP contribution is -2.04. The lowest BCUT2D eigenvalue weighted by atomic mass is 10.2. The molecule has 2 N–H and O–H groups in total. The number of halogens is 1. The van der Waals surface area contributed by atoms with E-state index in [9.17, 15) is 0 Å². The number of benzene rings is 1. The van der Waals surface area contributed by atoms with E-state index in [2.05, 4.69) is 25.4 Å². The Kier molecular flexibility index (Phi) is 3.61. The van der Waals surface area contributed by atoms with E-state index in [1.807, 2.05) is 30.7 Å². The summed E-state index contributed by atoms with van der Waals surface area (Å²) in [5.74, 6) is 0.368. The Bertz CT molecular complexity index is 1050. The number of fused-ring (bicyclic) bond motifs is 1. The number of rotatable bonds is 3. The summed E-state index contributed by atoms with van der Waals surface area (Å²) >= 11 is 5.93. The van der Waals surface area contributed by atoms with Gasteiger partial charge in [-0.2, -0.15) is 5.10 Å². The molecule has 0 aliphatic carbocycles. The summed E-state index contributed by atoms with van der Waals surface area (Å²) in [4.78, 5) is 8.41. The minimum Gasteiger partial charge on any atom is -0.383 e. The van der Waals surface area contributed by atoms with E-state index in [4.69, 9.17) is 17.3 Å². The summed E-state index contributed by atoms with van der Waals surface area (Å²) in [6, 6.07) is 7.45. The Hall–Kier alpha value is -3.00. The molecule has 0 saturated heterocycles. The van der Waals surface area contributed by atoms with E-state index in [1.54, 1.807) is 23.0 Å². The fraction of sp³-hybridized carbons (Fsp3) is 0.188. The van der Waals surface area contributed by atoms with Gasteiger partial charge in [0.25, 0.3) is 0 Å². The van der Waals surface area contributed by atoms with Crippen LogP contribution < -0.4 is 5.73 Å². The molecule has 0 unspecified atom stereocenters. The van der Waals surface area contributed by atoms with Gasteiger partial charge in [-0.05, 0) is 38.1 Å². The Balaban J connectivity index is 1.87. The summed E-state index contributed by atoms with van der Waals surface area (Å²) in [7, 11) is 0. The number of nitrogens with two attached hydrogens (primary N) is 1. The van der Waals surface area contributed by atoms with Gasteiger partial charge in [-0.15, -0.1) is 5.10 Å². The van der Waals surface area contributed by atoms with Crippen molar-refractivity contribution >= 4 is 28.5 Å². The molecule has 0 spiro atoms. The SMILES string of the molecule is CC(C)n1nc(-c2cn(-c3ccc(Cl)cc3)nn2)c2c(N)ncnc21. The molecule has 9 heteroatoms. The van der Waals surface area contributed by atoms with Crippen LogP contribution in [0.25, 0.3) is 28.1 Å². The molecule has 1 aromatic carbocycles. The van der Waals surface area contributed by atoms with E-state index < -0.39 is 0 Å². The van der Waals surface area contributed by atoms with Crippen LogP contribution in [0.3, 0.4) is 0 Å². The van der Waals surface area contributed by atoms with Gasteiger partial charge in [-0.3, -0.25) is 0 Å². The highest BCUT2D eigenvalue weighted by molar-refractivity contribution is 6.30. The molecule has 0 atom stereocenters. The molecule has 0 aliphatic rings. The maximum atomic E-state index is 6.07. The molecule has 3 heterocycles. The van der Waals surface area contributed by atoms with Crippen LogP contribution >= 0.6 is 11.6 Å². The lowest BCUT2D eigenvalue weighted by molar-refractivity contribution is 0.547. The summed E-state index contributed by atoms with van der Waals surface area (Å²) in [5, 5.41) is 14.4. The van der Waals surface area contributed by atoms with Crippen molar-refractivity contribution in [3.05, 3.63) is 41.8 Å². The molecule has 0 aliphatic heterocycles. The fourth-order valence-corrected chi connectivity index (χ4v) is 2.75. The minimum absolute atomic E-state index is 0.122. The van der Waals surface area contributed by atoms with Crippen LogP contribution in [0.5, 0.6) is 0 Å². The number of nitrogen functional groups attached to an aromatic ring is 1. The number of nitrogens with zero attached hydrogens (tertiary/aromatic N) is 7. The molecule has 0 bridgehead atoms. The molecule has 0 fully saturated rings. The summed E-state index contributed by atoms with van der Waals surface area (Å²) < 4.78 is 3.47. The molecule has 3 aromatic heterocycles. The average molecular weight is 355 g/mol. The highest BCUT2D eigenvalue weighted by atomic mass is 35.5. The second-order valence-corrected chi connectivity index (χ2v) is 6.31. The van der Waals surface area contributed by atoms with Crippen molar-refractivity contribution in [2.75, 3.05) is 5.73 Å². The zero-order valence-corrected chi connectivity index (χ0v) is 14.4.